The lowest BCUT2D eigenvalue weighted by atomic mass is 10.0. The summed E-state index contributed by atoms with van der Waals surface area (Å²) in [5.74, 6) is -0.00605. The summed E-state index contributed by atoms with van der Waals surface area (Å²) in [6.07, 6.45) is 7.73. The van der Waals surface area contributed by atoms with Crippen molar-refractivity contribution in [2.45, 2.75) is 51.9 Å². The van der Waals surface area contributed by atoms with Gasteiger partial charge in [-0.25, -0.2) is 4.79 Å². The minimum atomic E-state index is -0.828. The van der Waals surface area contributed by atoms with E-state index in [1.54, 1.807) is 0 Å². The summed E-state index contributed by atoms with van der Waals surface area (Å²) in [4.78, 5) is 21.9. The fraction of sp³-hybridized carbons (Fsp3) is 0.857. The predicted octanol–water partition coefficient (Wildman–Crippen LogP) is 2.37. The first-order valence-corrected chi connectivity index (χ1v) is 7.31. The van der Waals surface area contributed by atoms with Crippen LogP contribution in [-0.2, 0) is 4.79 Å². The van der Waals surface area contributed by atoms with Crippen LogP contribution < -0.4 is 10.6 Å². The van der Waals surface area contributed by atoms with E-state index >= 15 is 0 Å². The molecule has 5 heteroatoms. The normalized spacial score (nSPS) is 17.1. The van der Waals surface area contributed by atoms with E-state index in [4.69, 9.17) is 5.11 Å². The fourth-order valence-corrected chi connectivity index (χ4v) is 2.59. The molecule has 0 heterocycles. The zero-order chi connectivity index (χ0) is 14.1. The number of carboxylic acid groups (broad SMARTS) is 1. The maximum absolute atomic E-state index is 11.5. The summed E-state index contributed by atoms with van der Waals surface area (Å²) in [5.41, 5.74) is 0. The minimum Gasteiger partial charge on any atom is -0.481 e. The molecule has 1 rings (SSSR count). The molecular formula is C14H26N2O3. The van der Waals surface area contributed by atoms with Crippen LogP contribution in [0.2, 0.25) is 0 Å². The number of urea groups is 1. The van der Waals surface area contributed by atoms with Crippen molar-refractivity contribution >= 4 is 12.0 Å². The minimum absolute atomic E-state index is 0.0401. The van der Waals surface area contributed by atoms with E-state index in [9.17, 15) is 9.59 Å². The third kappa shape index (κ3) is 7.70. The number of amides is 2. The molecule has 19 heavy (non-hydrogen) atoms. The van der Waals surface area contributed by atoms with Gasteiger partial charge in [-0.2, -0.15) is 0 Å². The lowest BCUT2D eigenvalue weighted by Gasteiger charge is -2.12. The molecule has 3 N–H and O–H groups in total. The smallest absolute Gasteiger partial charge is 0.314 e. The largest absolute Gasteiger partial charge is 0.481 e. The molecule has 1 atom stereocenters. The van der Waals surface area contributed by atoms with Crippen LogP contribution in [0.1, 0.15) is 51.9 Å². The number of nitrogens with one attached hydrogen (secondary N) is 2. The molecule has 1 unspecified atom stereocenters. The molecule has 0 bridgehead atoms. The van der Waals surface area contributed by atoms with Crippen LogP contribution in [-0.4, -0.2) is 30.2 Å². The van der Waals surface area contributed by atoms with Crippen LogP contribution >= 0.6 is 0 Å². The maximum Gasteiger partial charge on any atom is 0.314 e. The monoisotopic (exact) mass is 270 g/mol. The first-order valence-electron chi connectivity index (χ1n) is 7.31. The first-order chi connectivity index (χ1) is 9.08. The van der Waals surface area contributed by atoms with E-state index in [0.29, 0.717) is 13.1 Å². The van der Waals surface area contributed by atoms with Crippen LogP contribution in [0.4, 0.5) is 4.79 Å². The maximum atomic E-state index is 11.5. The first kappa shape index (κ1) is 15.8. The SMILES string of the molecule is CC(CNC(=O)NCCCC1CCCC1)CC(=O)O. The molecule has 0 aromatic rings. The van der Waals surface area contributed by atoms with Crippen molar-refractivity contribution in [2.24, 2.45) is 11.8 Å². The molecule has 1 fully saturated rings. The second-order valence-electron chi connectivity index (χ2n) is 5.63. The van der Waals surface area contributed by atoms with Crippen LogP contribution in [0, 0.1) is 11.8 Å². The number of rotatable bonds is 8. The molecule has 5 nitrogen and oxygen atoms in total. The van der Waals surface area contributed by atoms with E-state index in [1.807, 2.05) is 6.92 Å². The van der Waals surface area contributed by atoms with Crippen molar-refractivity contribution in [3.63, 3.8) is 0 Å². The van der Waals surface area contributed by atoms with Crippen molar-refractivity contribution in [1.82, 2.24) is 10.6 Å². The Kier molecular flexibility index (Phi) is 7.30. The van der Waals surface area contributed by atoms with E-state index in [1.165, 1.54) is 32.1 Å². The van der Waals surface area contributed by atoms with Gasteiger partial charge in [0.2, 0.25) is 0 Å². The Morgan fingerprint density at radius 3 is 2.58 bits per heavy atom. The fourth-order valence-electron chi connectivity index (χ4n) is 2.59. The van der Waals surface area contributed by atoms with Gasteiger partial charge in [0.05, 0.1) is 0 Å². The number of hydrogen-bond donors (Lipinski definition) is 3. The third-order valence-electron chi connectivity index (χ3n) is 3.68. The Balaban J connectivity index is 1.96. The molecule has 0 spiro atoms. The summed E-state index contributed by atoms with van der Waals surface area (Å²) in [5, 5.41) is 14.1. The van der Waals surface area contributed by atoms with Crippen LogP contribution in [0.15, 0.2) is 0 Å². The summed E-state index contributed by atoms with van der Waals surface area (Å²) in [6.45, 7) is 2.92. The topological polar surface area (TPSA) is 78.4 Å². The Hall–Kier alpha value is -1.26. The second-order valence-corrected chi connectivity index (χ2v) is 5.63. The van der Waals surface area contributed by atoms with E-state index < -0.39 is 5.97 Å². The number of hydrogen-bond acceptors (Lipinski definition) is 2. The summed E-state index contributed by atoms with van der Waals surface area (Å²) >= 11 is 0. The Labute approximate surface area is 115 Å². The van der Waals surface area contributed by atoms with Crippen molar-refractivity contribution in [3.8, 4) is 0 Å². The van der Waals surface area contributed by atoms with Gasteiger partial charge in [-0.05, 0) is 24.7 Å². The van der Waals surface area contributed by atoms with Gasteiger partial charge in [0.15, 0.2) is 0 Å². The quantitative estimate of drug-likeness (QED) is 0.592. The highest BCUT2D eigenvalue weighted by molar-refractivity contribution is 5.73. The molecule has 1 aliphatic carbocycles. The highest BCUT2D eigenvalue weighted by Crippen LogP contribution is 2.28. The molecule has 0 aromatic heterocycles. The predicted molar refractivity (Wildman–Crippen MR) is 74.0 cm³/mol. The van der Waals surface area contributed by atoms with Crippen LogP contribution in [0.5, 0.6) is 0 Å². The van der Waals surface area contributed by atoms with Gasteiger partial charge in [0.25, 0.3) is 0 Å². The lowest BCUT2D eigenvalue weighted by molar-refractivity contribution is -0.137. The van der Waals surface area contributed by atoms with E-state index in [-0.39, 0.29) is 18.4 Å². The van der Waals surface area contributed by atoms with Crippen molar-refractivity contribution in [2.75, 3.05) is 13.1 Å². The van der Waals surface area contributed by atoms with Gasteiger partial charge in [-0.15, -0.1) is 0 Å². The number of carbonyl (C=O) groups is 2. The van der Waals surface area contributed by atoms with Crippen LogP contribution in [0.25, 0.3) is 0 Å². The Morgan fingerprint density at radius 2 is 1.95 bits per heavy atom. The molecular weight excluding hydrogens is 244 g/mol. The average Bonchev–Trinajstić information content (AvgIpc) is 2.84. The molecule has 0 radical (unpaired) electrons. The molecule has 110 valence electrons. The zero-order valence-corrected chi connectivity index (χ0v) is 11.8. The number of carboxylic acids is 1. The van der Waals surface area contributed by atoms with Gasteiger partial charge in [-0.1, -0.05) is 32.6 Å². The molecule has 2 amide bonds. The highest BCUT2D eigenvalue weighted by Gasteiger charge is 2.14. The van der Waals surface area contributed by atoms with Crippen molar-refractivity contribution in [3.05, 3.63) is 0 Å². The molecule has 0 aromatic carbocycles. The summed E-state index contributed by atoms with van der Waals surface area (Å²) in [7, 11) is 0. The average molecular weight is 270 g/mol. The Bertz CT molecular complexity index is 288. The van der Waals surface area contributed by atoms with Gasteiger partial charge >= 0.3 is 12.0 Å². The number of aliphatic carboxylic acids is 1. The van der Waals surface area contributed by atoms with E-state index in [2.05, 4.69) is 10.6 Å². The molecule has 1 aliphatic rings. The van der Waals surface area contributed by atoms with E-state index in [0.717, 1.165) is 12.3 Å². The summed E-state index contributed by atoms with van der Waals surface area (Å²) < 4.78 is 0. The Morgan fingerprint density at radius 1 is 1.26 bits per heavy atom. The molecule has 1 saturated carbocycles. The number of carbonyl (C=O) groups excluding carboxylic acids is 1. The third-order valence-corrected chi connectivity index (χ3v) is 3.68. The van der Waals surface area contributed by atoms with Crippen LogP contribution in [0.3, 0.4) is 0 Å². The van der Waals surface area contributed by atoms with Gasteiger partial charge in [0, 0.05) is 19.5 Å². The van der Waals surface area contributed by atoms with Crippen molar-refractivity contribution < 1.29 is 14.7 Å². The van der Waals surface area contributed by atoms with Gasteiger partial charge < -0.3 is 15.7 Å². The summed E-state index contributed by atoms with van der Waals surface area (Å²) in [6, 6.07) is -0.191. The van der Waals surface area contributed by atoms with Gasteiger partial charge in [-0.3, -0.25) is 4.79 Å². The lowest BCUT2D eigenvalue weighted by Crippen LogP contribution is -2.38. The highest BCUT2D eigenvalue weighted by atomic mass is 16.4. The van der Waals surface area contributed by atoms with Crippen molar-refractivity contribution in [1.29, 1.82) is 0 Å². The van der Waals surface area contributed by atoms with Gasteiger partial charge in [0.1, 0.15) is 0 Å². The standard InChI is InChI=1S/C14H26N2O3/c1-11(9-13(17)18)10-16-14(19)15-8-4-7-12-5-2-3-6-12/h11-12H,2-10H2,1H3,(H,17,18)(H2,15,16,19). The molecule has 0 aliphatic heterocycles. The zero-order valence-electron chi connectivity index (χ0n) is 11.8. The second kappa shape index (κ2) is 8.77. The molecule has 0 saturated heterocycles.